The molecular formula is C18H18N4O2. The Morgan fingerprint density at radius 3 is 2.54 bits per heavy atom. The van der Waals surface area contributed by atoms with Gasteiger partial charge in [-0.15, -0.1) is 5.10 Å². The van der Waals surface area contributed by atoms with E-state index in [9.17, 15) is 9.90 Å². The zero-order chi connectivity index (χ0) is 16.8. The second-order valence-corrected chi connectivity index (χ2v) is 5.37. The zero-order valence-electron chi connectivity index (χ0n) is 13.0. The first-order valence-corrected chi connectivity index (χ1v) is 7.72. The molecule has 122 valence electrons. The maximum absolute atomic E-state index is 12.1. The lowest BCUT2D eigenvalue weighted by Gasteiger charge is -2.11. The van der Waals surface area contributed by atoms with Gasteiger partial charge in [0.15, 0.2) is 0 Å². The average molecular weight is 322 g/mol. The van der Waals surface area contributed by atoms with Crippen LogP contribution in [0.2, 0.25) is 0 Å². The van der Waals surface area contributed by atoms with E-state index >= 15 is 0 Å². The van der Waals surface area contributed by atoms with Gasteiger partial charge >= 0.3 is 0 Å². The standard InChI is InChI=1S/C18H18N4O2/c23-17(14-4-2-1-3-5-14)10-11-19-18(24)15-6-8-16(9-7-15)22-13-12-20-21-22/h1-9,12-13,17,23H,10-11H2,(H,19,24). The van der Waals surface area contributed by atoms with Crippen LogP contribution in [0.5, 0.6) is 0 Å². The summed E-state index contributed by atoms with van der Waals surface area (Å²) in [6.45, 7) is 0.403. The maximum Gasteiger partial charge on any atom is 0.251 e. The lowest BCUT2D eigenvalue weighted by atomic mass is 10.1. The highest BCUT2D eigenvalue weighted by molar-refractivity contribution is 5.94. The second-order valence-electron chi connectivity index (χ2n) is 5.37. The number of hydrogen-bond donors (Lipinski definition) is 2. The van der Waals surface area contributed by atoms with Crippen LogP contribution in [-0.4, -0.2) is 32.6 Å². The molecule has 0 spiro atoms. The van der Waals surface area contributed by atoms with Crippen molar-refractivity contribution >= 4 is 5.91 Å². The van der Waals surface area contributed by atoms with E-state index in [2.05, 4.69) is 15.6 Å². The summed E-state index contributed by atoms with van der Waals surface area (Å²) in [5.74, 6) is -0.166. The SMILES string of the molecule is O=C(NCCC(O)c1ccccc1)c1ccc(-n2ccnn2)cc1. The van der Waals surface area contributed by atoms with E-state index in [1.165, 1.54) is 0 Å². The van der Waals surface area contributed by atoms with Crippen molar-refractivity contribution in [3.05, 3.63) is 78.1 Å². The van der Waals surface area contributed by atoms with Gasteiger partial charge < -0.3 is 10.4 Å². The molecule has 0 saturated heterocycles. The molecule has 1 heterocycles. The summed E-state index contributed by atoms with van der Waals surface area (Å²) in [6.07, 6.45) is 3.21. The van der Waals surface area contributed by atoms with Gasteiger partial charge in [0.05, 0.1) is 24.2 Å². The van der Waals surface area contributed by atoms with E-state index in [1.54, 1.807) is 29.2 Å². The van der Waals surface area contributed by atoms with Crippen LogP contribution < -0.4 is 5.32 Å². The van der Waals surface area contributed by atoms with Gasteiger partial charge in [0, 0.05) is 12.1 Å². The van der Waals surface area contributed by atoms with Crippen LogP contribution in [0.15, 0.2) is 67.0 Å². The Kier molecular flexibility index (Phi) is 4.98. The number of nitrogens with zero attached hydrogens (tertiary/aromatic N) is 3. The average Bonchev–Trinajstić information content (AvgIpc) is 3.17. The van der Waals surface area contributed by atoms with Gasteiger partial charge in [-0.05, 0) is 36.2 Å². The third-order valence-electron chi connectivity index (χ3n) is 3.70. The first kappa shape index (κ1) is 15.9. The predicted molar refractivity (Wildman–Crippen MR) is 89.7 cm³/mol. The third-order valence-corrected chi connectivity index (χ3v) is 3.70. The number of nitrogens with one attached hydrogen (secondary N) is 1. The van der Waals surface area contributed by atoms with Crippen LogP contribution in [0, 0.1) is 0 Å². The number of carbonyl (C=O) groups is 1. The Hall–Kier alpha value is -2.99. The molecule has 0 bridgehead atoms. The van der Waals surface area contributed by atoms with Crippen LogP contribution in [-0.2, 0) is 0 Å². The molecule has 24 heavy (non-hydrogen) atoms. The lowest BCUT2D eigenvalue weighted by molar-refractivity contribution is 0.0942. The number of rotatable bonds is 6. The van der Waals surface area contributed by atoms with Gasteiger partial charge in [0.2, 0.25) is 0 Å². The summed E-state index contributed by atoms with van der Waals surface area (Å²) in [5, 5.41) is 20.5. The molecule has 6 heteroatoms. The van der Waals surface area contributed by atoms with Gasteiger partial charge in [0.1, 0.15) is 0 Å². The molecule has 0 saturated carbocycles. The van der Waals surface area contributed by atoms with Crippen LogP contribution in [0.25, 0.3) is 5.69 Å². The van der Waals surface area contributed by atoms with Crippen molar-refractivity contribution < 1.29 is 9.90 Å². The number of hydrogen-bond acceptors (Lipinski definition) is 4. The first-order chi connectivity index (χ1) is 11.7. The highest BCUT2D eigenvalue weighted by Crippen LogP contribution is 2.15. The predicted octanol–water partition coefficient (Wildman–Crippen LogP) is 2.12. The third kappa shape index (κ3) is 3.85. The number of amides is 1. The summed E-state index contributed by atoms with van der Waals surface area (Å²) in [5.41, 5.74) is 2.25. The number of aliphatic hydroxyl groups is 1. The van der Waals surface area contributed by atoms with E-state index in [1.807, 2.05) is 42.5 Å². The minimum Gasteiger partial charge on any atom is -0.388 e. The Morgan fingerprint density at radius 1 is 1.12 bits per heavy atom. The van der Waals surface area contributed by atoms with Gasteiger partial charge in [-0.25, -0.2) is 4.68 Å². The highest BCUT2D eigenvalue weighted by Gasteiger charge is 2.09. The first-order valence-electron chi connectivity index (χ1n) is 7.72. The molecule has 1 atom stereocenters. The molecule has 0 aliphatic carbocycles. The summed E-state index contributed by atoms with van der Waals surface area (Å²) < 4.78 is 1.62. The van der Waals surface area contributed by atoms with Gasteiger partial charge in [-0.3, -0.25) is 4.79 Å². The van der Waals surface area contributed by atoms with E-state index in [-0.39, 0.29) is 5.91 Å². The monoisotopic (exact) mass is 322 g/mol. The fourth-order valence-corrected chi connectivity index (χ4v) is 2.38. The summed E-state index contributed by atoms with van der Waals surface area (Å²) in [7, 11) is 0. The van der Waals surface area contributed by atoms with E-state index < -0.39 is 6.10 Å². The minimum absolute atomic E-state index is 0.166. The normalized spacial score (nSPS) is 11.9. The van der Waals surface area contributed by atoms with Crippen molar-refractivity contribution in [2.75, 3.05) is 6.54 Å². The van der Waals surface area contributed by atoms with E-state index in [0.717, 1.165) is 11.3 Å². The number of benzene rings is 2. The molecule has 0 aliphatic rings. The fraction of sp³-hybridized carbons (Fsp3) is 0.167. The van der Waals surface area contributed by atoms with Crippen molar-refractivity contribution in [3.63, 3.8) is 0 Å². The van der Waals surface area contributed by atoms with Gasteiger partial charge in [-0.1, -0.05) is 35.5 Å². The molecule has 0 fully saturated rings. The van der Waals surface area contributed by atoms with E-state index in [4.69, 9.17) is 0 Å². The molecule has 6 nitrogen and oxygen atoms in total. The van der Waals surface area contributed by atoms with Crippen LogP contribution >= 0.6 is 0 Å². The summed E-state index contributed by atoms with van der Waals surface area (Å²) in [4.78, 5) is 12.1. The zero-order valence-corrected chi connectivity index (χ0v) is 13.0. The quantitative estimate of drug-likeness (QED) is 0.728. The Balaban J connectivity index is 1.52. The van der Waals surface area contributed by atoms with Gasteiger partial charge in [-0.2, -0.15) is 0 Å². The molecule has 2 aromatic carbocycles. The molecule has 0 aliphatic heterocycles. The molecule has 3 rings (SSSR count). The maximum atomic E-state index is 12.1. The Morgan fingerprint density at radius 2 is 1.88 bits per heavy atom. The fourth-order valence-electron chi connectivity index (χ4n) is 2.38. The largest absolute Gasteiger partial charge is 0.388 e. The molecule has 3 aromatic rings. The van der Waals surface area contributed by atoms with Crippen molar-refractivity contribution in [2.24, 2.45) is 0 Å². The van der Waals surface area contributed by atoms with E-state index in [0.29, 0.717) is 18.5 Å². The van der Waals surface area contributed by atoms with Crippen molar-refractivity contribution in [3.8, 4) is 5.69 Å². The lowest BCUT2D eigenvalue weighted by Crippen LogP contribution is -2.25. The van der Waals surface area contributed by atoms with Crippen molar-refractivity contribution in [1.29, 1.82) is 0 Å². The Bertz CT molecular complexity index is 771. The molecular weight excluding hydrogens is 304 g/mol. The van der Waals surface area contributed by atoms with Gasteiger partial charge in [0.25, 0.3) is 5.91 Å². The van der Waals surface area contributed by atoms with Crippen LogP contribution in [0.4, 0.5) is 0 Å². The molecule has 1 amide bonds. The van der Waals surface area contributed by atoms with Crippen LogP contribution in [0.3, 0.4) is 0 Å². The molecule has 1 aromatic heterocycles. The second kappa shape index (κ2) is 7.52. The molecule has 0 radical (unpaired) electrons. The van der Waals surface area contributed by atoms with Crippen molar-refractivity contribution in [1.82, 2.24) is 20.3 Å². The smallest absolute Gasteiger partial charge is 0.251 e. The topological polar surface area (TPSA) is 80.0 Å². The summed E-state index contributed by atoms with van der Waals surface area (Å²) >= 11 is 0. The van der Waals surface area contributed by atoms with Crippen LogP contribution in [0.1, 0.15) is 28.4 Å². The van der Waals surface area contributed by atoms with Crippen molar-refractivity contribution in [2.45, 2.75) is 12.5 Å². The molecule has 2 N–H and O–H groups in total. The minimum atomic E-state index is -0.582. The number of carbonyl (C=O) groups excluding carboxylic acids is 1. The summed E-state index contributed by atoms with van der Waals surface area (Å²) in [6, 6.07) is 16.5. The number of aromatic nitrogens is 3. The number of aliphatic hydroxyl groups excluding tert-OH is 1. The molecule has 1 unspecified atom stereocenters. The Labute approximate surface area is 139 Å². The highest BCUT2D eigenvalue weighted by atomic mass is 16.3.